The van der Waals surface area contributed by atoms with Crippen LogP contribution in [0.2, 0.25) is 0 Å². The third-order valence-electron chi connectivity index (χ3n) is 3.67. The van der Waals surface area contributed by atoms with Crippen molar-refractivity contribution >= 4 is 22.1 Å². The largest absolute Gasteiger partial charge is 0.289 e. The summed E-state index contributed by atoms with van der Waals surface area (Å²) in [7, 11) is 0. The lowest BCUT2D eigenvalue weighted by Gasteiger charge is -2.27. The van der Waals surface area contributed by atoms with Crippen LogP contribution in [0.1, 0.15) is 66.7 Å². The van der Waals surface area contributed by atoms with Gasteiger partial charge in [-0.05, 0) is 60.4 Å². The Morgan fingerprint density at radius 2 is 2.00 bits per heavy atom. The third-order valence-corrected chi connectivity index (χ3v) is 4.67. The molecule has 1 atom stereocenters. The molecule has 1 nitrogen and oxygen atoms in total. The SMILES string of the molecule is CCC(CC(C)(C)CC1CC1)/N=C\C(Br)=C(C)C. The average Bonchev–Trinajstić information content (AvgIpc) is 3.06. The Bertz CT molecular complexity index is 320. The van der Waals surface area contributed by atoms with Crippen molar-refractivity contribution in [1.29, 1.82) is 0 Å². The maximum absolute atomic E-state index is 4.75. The molecule has 1 rings (SSSR count). The first-order valence-corrected chi connectivity index (χ1v) is 7.99. The maximum atomic E-state index is 4.75. The number of rotatable bonds is 7. The van der Waals surface area contributed by atoms with Crippen molar-refractivity contribution in [2.75, 3.05) is 0 Å². The van der Waals surface area contributed by atoms with Crippen LogP contribution in [0.15, 0.2) is 15.0 Å². The van der Waals surface area contributed by atoms with E-state index in [9.17, 15) is 0 Å². The van der Waals surface area contributed by atoms with Gasteiger partial charge in [-0.1, -0.05) is 39.2 Å². The molecule has 2 heteroatoms. The third kappa shape index (κ3) is 6.17. The van der Waals surface area contributed by atoms with E-state index in [1.807, 2.05) is 6.21 Å². The monoisotopic (exact) mass is 313 g/mol. The number of halogens is 1. The number of nitrogens with zero attached hydrogens (tertiary/aromatic N) is 1. The summed E-state index contributed by atoms with van der Waals surface area (Å²) in [6.45, 7) is 11.3. The normalized spacial score (nSPS) is 18.1. The van der Waals surface area contributed by atoms with Gasteiger partial charge < -0.3 is 0 Å². The van der Waals surface area contributed by atoms with Gasteiger partial charge in [0.2, 0.25) is 0 Å². The van der Waals surface area contributed by atoms with Crippen molar-refractivity contribution in [3.8, 4) is 0 Å². The molecule has 1 fully saturated rings. The van der Waals surface area contributed by atoms with Crippen LogP contribution in [0.25, 0.3) is 0 Å². The summed E-state index contributed by atoms with van der Waals surface area (Å²) in [6, 6.07) is 0.464. The highest BCUT2D eigenvalue weighted by Gasteiger charge is 2.31. The fourth-order valence-electron chi connectivity index (χ4n) is 2.43. The standard InChI is InChI=1S/C16H28BrN/c1-6-14(18-11-15(17)12(2)3)10-16(4,5)9-13-7-8-13/h11,13-14H,6-10H2,1-5H3/b18-11-. The van der Waals surface area contributed by atoms with E-state index in [2.05, 4.69) is 50.5 Å². The summed E-state index contributed by atoms with van der Waals surface area (Å²) < 4.78 is 1.13. The summed E-state index contributed by atoms with van der Waals surface area (Å²) in [4.78, 5) is 4.75. The molecule has 0 amide bonds. The Hall–Kier alpha value is -0.110. The van der Waals surface area contributed by atoms with Gasteiger partial charge in [0.1, 0.15) is 0 Å². The molecule has 0 aromatic rings. The molecule has 0 bridgehead atoms. The topological polar surface area (TPSA) is 12.4 Å². The summed E-state index contributed by atoms with van der Waals surface area (Å²) in [6.07, 6.45) is 8.62. The van der Waals surface area contributed by atoms with E-state index in [0.29, 0.717) is 11.5 Å². The smallest absolute Gasteiger partial charge is 0.0502 e. The highest BCUT2D eigenvalue weighted by Crippen LogP contribution is 2.42. The van der Waals surface area contributed by atoms with Gasteiger partial charge in [-0.3, -0.25) is 4.99 Å². The van der Waals surface area contributed by atoms with E-state index in [0.717, 1.165) is 16.8 Å². The summed E-state index contributed by atoms with van der Waals surface area (Å²) >= 11 is 3.56. The van der Waals surface area contributed by atoms with Crippen LogP contribution in [0.3, 0.4) is 0 Å². The van der Waals surface area contributed by atoms with Crippen LogP contribution in [0, 0.1) is 11.3 Å². The van der Waals surface area contributed by atoms with Crippen LogP contribution < -0.4 is 0 Å². The minimum Gasteiger partial charge on any atom is -0.289 e. The predicted octanol–water partition coefficient (Wildman–Crippen LogP) is 5.74. The van der Waals surface area contributed by atoms with Crippen LogP contribution in [-0.4, -0.2) is 12.3 Å². The van der Waals surface area contributed by atoms with Gasteiger partial charge in [0.15, 0.2) is 0 Å². The first kappa shape index (κ1) is 15.9. The van der Waals surface area contributed by atoms with Crippen LogP contribution in [0.5, 0.6) is 0 Å². The number of aliphatic imine (C=N–C) groups is 1. The molecule has 18 heavy (non-hydrogen) atoms. The second-order valence-electron chi connectivity index (χ2n) is 6.70. The molecule has 0 N–H and O–H groups in total. The zero-order chi connectivity index (χ0) is 13.8. The van der Waals surface area contributed by atoms with E-state index in [4.69, 9.17) is 4.99 Å². The molecule has 1 aliphatic rings. The minimum absolute atomic E-state index is 0.441. The van der Waals surface area contributed by atoms with Crippen molar-refractivity contribution < 1.29 is 0 Å². The molecule has 0 spiro atoms. The molecular formula is C16H28BrN. The second kappa shape index (κ2) is 6.88. The number of hydrogen-bond donors (Lipinski definition) is 0. The second-order valence-corrected chi connectivity index (χ2v) is 7.56. The highest BCUT2D eigenvalue weighted by atomic mass is 79.9. The molecule has 0 heterocycles. The van der Waals surface area contributed by atoms with Gasteiger partial charge in [0.05, 0.1) is 6.04 Å². The van der Waals surface area contributed by atoms with E-state index >= 15 is 0 Å². The fraction of sp³-hybridized carbons (Fsp3) is 0.812. The maximum Gasteiger partial charge on any atom is 0.0502 e. The van der Waals surface area contributed by atoms with E-state index in [1.54, 1.807) is 0 Å². The van der Waals surface area contributed by atoms with Crippen molar-refractivity contribution in [3.05, 3.63) is 10.1 Å². The van der Waals surface area contributed by atoms with Crippen LogP contribution in [0.4, 0.5) is 0 Å². The highest BCUT2D eigenvalue weighted by molar-refractivity contribution is 9.12. The van der Waals surface area contributed by atoms with Crippen molar-refractivity contribution in [2.45, 2.75) is 72.8 Å². The molecule has 0 aliphatic heterocycles. The van der Waals surface area contributed by atoms with Crippen molar-refractivity contribution in [2.24, 2.45) is 16.3 Å². The molecule has 0 aromatic heterocycles. The molecule has 1 saturated carbocycles. The summed E-state index contributed by atoms with van der Waals surface area (Å²) in [5.74, 6) is 1.01. The molecule has 104 valence electrons. The lowest BCUT2D eigenvalue weighted by molar-refractivity contribution is 0.265. The van der Waals surface area contributed by atoms with Gasteiger partial charge in [-0.2, -0.15) is 0 Å². The Balaban J connectivity index is 2.52. The Kier molecular flexibility index (Phi) is 6.10. The first-order chi connectivity index (χ1) is 8.34. The zero-order valence-corrected chi connectivity index (χ0v) is 14.2. The Morgan fingerprint density at radius 1 is 1.39 bits per heavy atom. The Morgan fingerprint density at radius 3 is 2.44 bits per heavy atom. The van der Waals surface area contributed by atoms with Gasteiger partial charge in [0, 0.05) is 10.7 Å². The molecule has 0 aromatic carbocycles. The molecule has 0 radical (unpaired) electrons. The van der Waals surface area contributed by atoms with Gasteiger partial charge in [-0.15, -0.1) is 0 Å². The molecule has 1 unspecified atom stereocenters. The van der Waals surface area contributed by atoms with Gasteiger partial charge in [-0.25, -0.2) is 0 Å². The summed E-state index contributed by atoms with van der Waals surface area (Å²) in [5.41, 5.74) is 1.72. The lowest BCUT2D eigenvalue weighted by Crippen LogP contribution is -2.20. The first-order valence-electron chi connectivity index (χ1n) is 7.20. The lowest BCUT2D eigenvalue weighted by atomic mass is 9.80. The average molecular weight is 314 g/mol. The van der Waals surface area contributed by atoms with Crippen molar-refractivity contribution in [3.63, 3.8) is 0 Å². The van der Waals surface area contributed by atoms with Gasteiger partial charge in [0.25, 0.3) is 0 Å². The Labute approximate surface area is 121 Å². The summed E-state index contributed by atoms with van der Waals surface area (Å²) in [5, 5.41) is 0. The van der Waals surface area contributed by atoms with Crippen LogP contribution in [-0.2, 0) is 0 Å². The zero-order valence-electron chi connectivity index (χ0n) is 12.6. The molecule has 0 saturated heterocycles. The fourth-order valence-corrected chi connectivity index (χ4v) is 2.55. The molecule has 1 aliphatic carbocycles. The van der Waals surface area contributed by atoms with E-state index in [1.165, 1.54) is 31.3 Å². The number of allylic oxidation sites excluding steroid dienone is 2. The van der Waals surface area contributed by atoms with Gasteiger partial charge >= 0.3 is 0 Å². The quantitative estimate of drug-likeness (QED) is 0.531. The predicted molar refractivity (Wildman–Crippen MR) is 85.6 cm³/mol. The molecular weight excluding hydrogens is 286 g/mol. The van der Waals surface area contributed by atoms with Crippen LogP contribution >= 0.6 is 15.9 Å². The number of hydrogen-bond acceptors (Lipinski definition) is 1. The van der Waals surface area contributed by atoms with Crippen molar-refractivity contribution in [1.82, 2.24) is 0 Å². The van der Waals surface area contributed by atoms with E-state index < -0.39 is 0 Å². The van der Waals surface area contributed by atoms with E-state index in [-0.39, 0.29) is 0 Å². The minimum atomic E-state index is 0.441.